The molecule has 0 amide bonds. The van der Waals surface area contributed by atoms with Gasteiger partial charge in [-0.25, -0.2) is 0 Å². The molecule has 2 rings (SSSR count). The van der Waals surface area contributed by atoms with Gasteiger partial charge in [0.15, 0.2) is 11.5 Å². The number of methoxy groups -OCH3 is 3. The predicted molar refractivity (Wildman–Crippen MR) is 79.0 cm³/mol. The molecule has 0 radical (unpaired) electrons. The topological polar surface area (TPSA) is 61.4 Å². The van der Waals surface area contributed by atoms with Crippen molar-refractivity contribution in [3.63, 3.8) is 0 Å². The maximum Gasteiger partial charge on any atom is 0.203 e. The van der Waals surface area contributed by atoms with Gasteiger partial charge in [0.2, 0.25) is 5.75 Å². The van der Waals surface area contributed by atoms with Crippen molar-refractivity contribution < 1.29 is 24.3 Å². The van der Waals surface area contributed by atoms with Crippen molar-refractivity contribution in [2.75, 3.05) is 27.9 Å². The van der Waals surface area contributed by atoms with Crippen LogP contribution in [0.2, 0.25) is 0 Å². The number of carbonyl (C=O) groups is 1. The normalized spacial score (nSPS) is 21.0. The Kier molecular flexibility index (Phi) is 4.42. The molecule has 0 unspecified atom stereocenters. The Bertz CT molecular complexity index is 514. The summed E-state index contributed by atoms with van der Waals surface area (Å²) in [6, 6.07) is 3.92. The Morgan fingerprint density at radius 1 is 1.10 bits per heavy atom. The number of hydrogen-bond donors (Lipinski definition) is 1. The summed E-state index contributed by atoms with van der Waals surface area (Å²) < 4.78 is 16.1. The summed E-state index contributed by atoms with van der Waals surface area (Å²) in [6.07, 6.45) is 0.619. The fourth-order valence-corrected chi connectivity index (χ4v) is 3.01. The van der Waals surface area contributed by atoms with Crippen LogP contribution >= 0.6 is 0 Å². The molecule has 0 bridgehead atoms. The Balaban J connectivity index is 2.51. The van der Waals surface area contributed by atoms with Gasteiger partial charge in [-0.1, -0.05) is 0 Å². The average molecular weight is 294 g/mol. The molecule has 1 aliphatic rings. The van der Waals surface area contributed by atoms with Gasteiger partial charge in [-0.05, 0) is 26.0 Å². The minimum atomic E-state index is -0.414. The second kappa shape index (κ2) is 5.93. The summed E-state index contributed by atoms with van der Waals surface area (Å²) >= 11 is 0. The molecule has 1 aromatic carbocycles. The molecule has 1 aliphatic heterocycles. The van der Waals surface area contributed by atoms with E-state index in [9.17, 15) is 4.79 Å². The van der Waals surface area contributed by atoms with Gasteiger partial charge in [-0.3, -0.25) is 4.79 Å². The first kappa shape index (κ1) is 15.6. The molecule has 1 fully saturated rings. The number of quaternary nitrogens is 1. The molecule has 1 aromatic rings. The average Bonchev–Trinajstić information content (AvgIpc) is 2.48. The SMILES string of the molecule is COc1cc([C@@H]2[NH2+]CCC(=O)C2(C)C)cc(OC)c1OC. The lowest BCUT2D eigenvalue weighted by molar-refractivity contribution is -0.710. The Morgan fingerprint density at radius 2 is 1.67 bits per heavy atom. The predicted octanol–water partition coefficient (Wildman–Crippen LogP) is 1.32. The highest BCUT2D eigenvalue weighted by atomic mass is 16.5. The van der Waals surface area contributed by atoms with E-state index in [2.05, 4.69) is 5.32 Å². The zero-order valence-electron chi connectivity index (χ0n) is 13.4. The fraction of sp³-hybridized carbons (Fsp3) is 0.562. The molecule has 0 aliphatic carbocycles. The van der Waals surface area contributed by atoms with Gasteiger partial charge in [0.1, 0.15) is 11.8 Å². The molecule has 21 heavy (non-hydrogen) atoms. The van der Waals surface area contributed by atoms with Crippen LogP contribution < -0.4 is 19.5 Å². The van der Waals surface area contributed by atoms with E-state index in [0.717, 1.165) is 12.1 Å². The highest BCUT2D eigenvalue weighted by Crippen LogP contribution is 2.43. The molecule has 0 aromatic heterocycles. The van der Waals surface area contributed by atoms with E-state index < -0.39 is 5.41 Å². The van der Waals surface area contributed by atoms with Gasteiger partial charge >= 0.3 is 0 Å². The van der Waals surface area contributed by atoms with E-state index in [1.165, 1.54) is 0 Å². The van der Waals surface area contributed by atoms with Crippen LogP contribution in [-0.4, -0.2) is 33.7 Å². The fourth-order valence-electron chi connectivity index (χ4n) is 3.01. The zero-order valence-corrected chi connectivity index (χ0v) is 13.4. The first-order valence-electron chi connectivity index (χ1n) is 7.12. The summed E-state index contributed by atoms with van der Waals surface area (Å²) in [5, 5.41) is 2.21. The minimum Gasteiger partial charge on any atom is -0.493 e. The Labute approximate surface area is 125 Å². The highest BCUT2D eigenvalue weighted by molar-refractivity contribution is 5.85. The second-order valence-electron chi connectivity index (χ2n) is 5.86. The summed E-state index contributed by atoms with van der Waals surface area (Å²) in [4.78, 5) is 12.2. The van der Waals surface area contributed by atoms with Crippen molar-refractivity contribution in [1.29, 1.82) is 0 Å². The van der Waals surface area contributed by atoms with Crippen LogP contribution in [0.3, 0.4) is 0 Å². The lowest BCUT2D eigenvalue weighted by atomic mass is 9.73. The summed E-state index contributed by atoms with van der Waals surface area (Å²) in [6.45, 7) is 4.81. The lowest BCUT2D eigenvalue weighted by Crippen LogP contribution is -2.90. The molecule has 0 spiro atoms. The largest absolute Gasteiger partial charge is 0.493 e. The Morgan fingerprint density at radius 3 is 2.14 bits per heavy atom. The van der Waals surface area contributed by atoms with Gasteiger partial charge in [0, 0.05) is 5.56 Å². The maximum absolute atomic E-state index is 12.2. The molecular weight excluding hydrogens is 270 g/mol. The molecule has 1 saturated heterocycles. The number of ether oxygens (including phenoxy) is 3. The third-order valence-electron chi connectivity index (χ3n) is 4.32. The van der Waals surface area contributed by atoms with E-state index in [0.29, 0.717) is 29.5 Å². The van der Waals surface area contributed by atoms with Gasteiger partial charge in [0.05, 0.1) is 39.7 Å². The van der Waals surface area contributed by atoms with Crippen molar-refractivity contribution >= 4 is 5.78 Å². The number of hydrogen-bond acceptors (Lipinski definition) is 4. The van der Waals surface area contributed by atoms with E-state index in [1.54, 1.807) is 21.3 Å². The van der Waals surface area contributed by atoms with Gasteiger partial charge in [-0.2, -0.15) is 0 Å². The van der Waals surface area contributed by atoms with Crippen LogP contribution in [0.5, 0.6) is 17.2 Å². The zero-order chi connectivity index (χ0) is 15.6. The Hall–Kier alpha value is -1.75. The van der Waals surface area contributed by atoms with E-state index >= 15 is 0 Å². The number of benzene rings is 1. The van der Waals surface area contributed by atoms with Crippen LogP contribution in [0.1, 0.15) is 31.9 Å². The van der Waals surface area contributed by atoms with Crippen molar-refractivity contribution in [2.45, 2.75) is 26.3 Å². The highest BCUT2D eigenvalue weighted by Gasteiger charge is 2.44. The van der Waals surface area contributed by atoms with Crippen molar-refractivity contribution in [2.24, 2.45) is 5.41 Å². The number of Topliss-reactive ketones (excluding diaryl/α,β-unsaturated/α-hetero) is 1. The van der Waals surface area contributed by atoms with Gasteiger partial charge < -0.3 is 19.5 Å². The molecule has 2 N–H and O–H groups in total. The first-order valence-corrected chi connectivity index (χ1v) is 7.12. The molecule has 1 heterocycles. The molecular formula is C16H24NO4+. The number of carbonyl (C=O) groups excluding carboxylic acids is 1. The number of rotatable bonds is 4. The van der Waals surface area contributed by atoms with Crippen LogP contribution in [-0.2, 0) is 4.79 Å². The molecule has 116 valence electrons. The number of ketones is 1. The monoisotopic (exact) mass is 294 g/mol. The van der Waals surface area contributed by atoms with Crippen LogP contribution in [0.15, 0.2) is 12.1 Å². The third kappa shape index (κ3) is 2.70. The molecule has 1 atom stereocenters. The van der Waals surface area contributed by atoms with Crippen LogP contribution in [0, 0.1) is 5.41 Å². The minimum absolute atomic E-state index is 0.0486. The summed E-state index contributed by atoms with van der Waals surface area (Å²) in [5.41, 5.74) is 0.602. The maximum atomic E-state index is 12.2. The summed E-state index contributed by atoms with van der Waals surface area (Å²) in [5.74, 6) is 2.11. The number of piperidine rings is 1. The van der Waals surface area contributed by atoms with Gasteiger partial charge in [-0.15, -0.1) is 0 Å². The second-order valence-corrected chi connectivity index (χ2v) is 5.86. The van der Waals surface area contributed by atoms with E-state index in [4.69, 9.17) is 14.2 Å². The van der Waals surface area contributed by atoms with E-state index in [-0.39, 0.29) is 6.04 Å². The first-order chi connectivity index (χ1) is 9.95. The standard InChI is InChI=1S/C16H23NO4/c1-16(2)13(18)6-7-17-15(16)10-8-11(19-3)14(21-5)12(9-10)20-4/h8-9,15,17H,6-7H2,1-5H3/p+1/t15-/m0/s1. The third-order valence-corrected chi connectivity index (χ3v) is 4.32. The molecule has 0 saturated carbocycles. The molecule has 5 nitrogen and oxygen atoms in total. The lowest BCUT2D eigenvalue weighted by Gasteiger charge is -2.35. The van der Waals surface area contributed by atoms with Gasteiger partial charge in [0.25, 0.3) is 0 Å². The molecule has 5 heteroatoms. The van der Waals surface area contributed by atoms with Crippen LogP contribution in [0.25, 0.3) is 0 Å². The summed E-state index contributed by atoms with van der Waals surface area (Å²) in [7, 11) is 4.78. The van der Waals surface area contributed by atoms with Crippen molar-refractivity contribution in [3.8, 4) is 17.2 Å². The smallest absolute Gasteiger partial charge is 0.203 e. The quantitative estimate of drug-likeness (QED) is 0.909. The van der Waals surface area contributed by atoms with Crippen molar-refractivity contribution in [1.82, 2.24) is 0 Å². The van der Waals surface area contributed by atoms with Crippen LogP contribution in [0.4, 0.5) is 0 Å². The van der Waals surface area contributed by atoms with E-state index in [1.807, 2.05) is 26.0 Å². The van der Waals surface area contributed by atoms with Crippen molar-refractivity contribution in [3.05, 3.63) is 17.7 Å². The number of nitrogens with two attached hydrogens (primary N) is 1.